The molecule has 2 aromatic carbocycles. The number of rotatable bonds is 7. The average molecular weight is 478 g/mol. The minimum Gasteiger partial charge on any atom is -0.504 e. The molecule has 0 saturated heterocycles. The molecular formula is C28H31NO6. The van der Waals surface area contributed by atoms with Gasteiger partial charge in [0.25, 0.3) is 0 Å². The molecule has 7 nitrogen and oxygen atoms in total. The standard InChI is InChI=1S/C28H31NO6/c1-5-34-24-15-18(9-12-22(24)30)26-25(28(32)35-6-2)16(3)29-21-13-19(14-23(31)27(21)26)17-7-10-20(33-4)11-8-17/h7-12,15,19,26-27,30H,5-6,13-14H2,1-4H3/t19-,26+,27?/m1/s1. The molecular weight excluding hydrogens is 446 g/mol. The Kier molecular flexibility index (Phi) is 7.24. The Morgan fingerprint density at radius 3 is 2.40 bits per heavy atom. The number of ketones is 1. The Morgan fingerprint density at radius 2 is 1.74 bits per heavy atom. The first-order valence-corrected chi connectivity index (χ1v) is 12.0. The molecule has 0 radical (unpaired) electrons. The third-order valence-electron chi connectivity index (χ3n) is 6.68. The van der Waals surface area contributed by atoms with Crippen LogP contribution in [0.25, 0.3) is 0 Å². The lowest BCUT2D eigenvalue weighted by atomic mass is 9.66. The largest absolute Gasteiger partial charge is 0.504 e. The third-order valence-corrected chi connectivity index (χ3v) is 6.68. The zero-order valence-corrected chi connectivity index (χ0v) is 20.5. The van der Waals surface area contributed by atoms with Crippen molar-refractivity contribution in [1.29, 1.82) is 0 Å². The fraction of sp³-hybridized carbons (Fsp3) is 0.393. The van der Waals surface area contributed by atoms with E-state index in [4.69, 9.17) is 19.2 Å². The molecule has 1 saturated carbocycles. The molecule has 1 N–H and O–H groups in total. The molecule has 184 valence electrons. The minimum atomic E-state index is -0.577. The molecule has 2 aliphatic rings. The van der Waals surface area contributed by atoms with Gasteiger partial charge in [-0.3, -0.25) is 9.79 Å². The Labute approximate surface area is 205 Å². The number of phenols is 1. The SMILES string of the molecule is CCOC(=O)C1=C(C)N=C2C[C@@H](c3ccc(OC)cc3)CC(=O)C2[C@H]1c1ccc(O)c(OCC)c1. The summed E-state index contributed by atoms with van der Waals surface area (Å²) in [6, 6.07) is 12.7. The zero-order chi connectivity index (χ0) is 25.1. The number of carbonyl (C=O) groups is 2. The van der Waals surface area contributed by atoms with E-state index in [0.29, 0.717) is 42.0 Å². The average Bonchev–Trinajstić information content (AvgIpc) is 2.84. The van der Waals surface area contributed by atoms with E-state index in [1.54, 1.807) is 33.1 Å². The van der Waals surface area contributed by atoms with Crippen molar-refractivity contribution in [2.45, 2.75) is 45.4 Å². The number of esters is 1. The predicted octanol–water partition coefficient (Wildman–Crippen LogP) is 4.94. The maximum Gasteiger partial charge on any atom is 0.336 e. The van der Waals surface area contributed by atoms with Crippen LogP contribution >= 0.6 is 0 Å². The Hall–Kier alpha value is -3.61. The van der Waals surface area contributed by atoms with Crippen LogP contribution in [0.2, 0.25) is 0 Å². The van der Waals surface area contributed by atoms with E-state index in [1.807, 2.05) is 31.2 Å². The van der Waals surface area contributed by atoms with E-state index in [0.717, 1.165) is 17.0 Å². The second kappa shape index (κ2) is 10.3. The molecule has 1 aliphatic carbocycles. The summed E-state index contributed by atoms with van der Waals surface area (Å²) in [7, 11) is 1.62. The van der Waals surface area contributed by atoms with Gasteiger partial charge in [0.15, 0.2) is 11.5 Å². The van der Waals surface area contributed by atoms with Crippen LogP contribution in [0.4, 0.5) is 0 Å². The number of benzene rings is 2. The fourth-order valence-corrected chi connectivity index (χ4v) is 5.12. The Morgan fingerprint density at radius 1 is 1.03 bits per heavy atom. The molecule has 35 heavy (non-hydrogen) atoms. The van der Waals surface area contributed by atoms with Crippen LogP contribution in [0.3, 0.4) is 0 Å². The van der Waals surface area contributed by atoms with Crippen LogP contribution in [0.5, 0.6) is 17.2 Å². The van der Waals surface area contributed by atoms with Crippen molar-refractivity contribution < 1.29 is 28.9 Å². The summed E-state index contributed by atoms with van der Waals surface area (Å²) in [5.74, 6) is -0.506. The molecule has 1 heterocycles. The molecule has 0 bridgehead atoms. The molecule has 1 unspecified atom stereocenters. The monoisotopic (exact) mass is 477 g/mol. The van der Waals surface area contributed by atoms with Gasteiger partial charge in [0.1, 0.15) is 11.5 Å². The second-order valence-corrected chi connectivity index (χ2v) is 8.78. The van der Waals surface area contributed by atoms with E-state index in [-0.39, 0.29) is 24.1 Å². The summed E-state index contributed by atoms with van der Waals surface area (Å²) in [4.78, 5) is 31.5. The van der Waals surface area contributed by atoms with Crippen LogP contribution in [0, 0.1) is 5.92 Å². The summed E-state index contributed by atoms with van der Waals surface area (Å²) in [6.07, 6.45) is 0.959. The molecule has 7 heteroatoms. The van der Waals surface area contributed by atoms with Crippen molar-refractivity contribution in [1.82, 2.24) is 0 Å². The molecule has 2 aromatic rings. The Bertz CT molecular complexity index is 1180. The summed E-state index contributed by atoms with van der Waals surface area (Å²) in [5.41, 5.74) is 3.46. The van der Waals surface area contributed by atoms with Gasteiger partial charge >= 0.3 is 5.97 Å². The van der Waals surface area contributed by atoms with Gasteiger partial charge in [-0.05, 0) is 68.5 Å². The van der Waals surface area contributed by atoms with Gasteiger partial charge in [0, 0.05) is 23.7 Å². The number of ether oxygens (including phenoxy) is 3. The van der Waals surface area contributed by atoms with Gasteiger partial charge in [0.2, 0.25) is 0 Å². The van der Waals surface area contributed by atoms with Crippen LogP contribution in [-0.4, -0.2) is 42.9 Å². The van der Waals surface area contributed by atoms with Gasteiger partial charge in [0.05, 0.1) is 31.8 Å². The molecule has 0 amide bonds. The number of carbonyl (C=O) groups excluding carboxylic acids is 2. The van der Waals surface area contributed by atoms with E-state index in [2.05, 4.69) is 0 Å². The molecule has 0 aromatic heterocycles. The molecule has 0 spiro atoms. The Balaban J connectivity index is 1.78. The van der Waals surface area contributed by atoms with Crippen molar-refractivity contribution >= 4 is 17.5 Å². The predicted molar refractivity (Wildman–Crippen MR) is 132 cm³/mol. The molecule has 3 atom stereocenters. The van der Waals surface area contributed by atoms with Crippen molar-refractivity contribution in [2.75, 3.05) is 20.3 Å². The summed E-state index contributed by atoms with van der Waals surface area (Å²) in [5, 5.41) is 10.2. The number of phenolic OH excluding ortho intramolecular Hbond substituents is 1. The topological polar surface area (TPSA) is 94.4 Å². The number of methoxy groups -OCH3 is 1. The fourth-order valence-electron chi connectivity index (χ4n) is 5.12. The first-order chi connectivity index (χ1) is 16.9. The molecule has 1 aliphatic heterocycles. The van der Waals surface area contributed by atoms with Crippen LogP contribution in [0.15, 0.2) is 58.7 Å². The smallest absolute Gasteiger partial charge is 0.336 e. The van der Waals surface area contributed by atoms with E-state index < -0.39 is 17.8 Å². The molecule has 4 rings (SSSR count). The lowest BCUT2D eigenvalue weighted by Gasteiger charge is -2.38. The highest BCUT2D eigenvalue weighted by molar-refractivity contribution is 6.12. The lowest BCUT2D eigenvalue weighted by molar-refractivity contribution is -0.139. The van der Waals surface area contributed by atoms with Crippen LogP contribution in [0.1, 0.15) is 56.6 Å². The lowest BCUT2D eigenvalue weighted by Crippen LogP contribution is -2.41. The minimum absolute atomic E-state index is 0.000182. The van der Waals surface area contributed by atoms with Gasteiger partial charge in [-0.15, -0.1) is 0 Å². The quantitative estimate of drug-likeness (QED) is 0.568. The third kappa shape index (κ3) is 4.81. The highest BCUT2D eigenvalue weighted by Crippen LogP contribution is 2.47. The van der Waals surface area contributed by atoms with E-state index >= 15 is 0 Å². The summed E-state index contributed by atoms with van der Waals surface area (Å²) < 4.78 is 16.2. The number of aliphatic imine (C=N–C) groups is 1. The second-order valence-electron chi connectivity index (χ2n) is 8.78. The van der Waals surface area contributed by atoms with Gasteiger partial charge < -0.3 is 19.3 Å². The number of Topliss-reactive ketones (excluding diaryl/α,β-unsaturated/α-hetero) is 1. The van der Waals surface area contributed by atoms with Gasteiger partial charge in [-0.25, -0.2) is 4.79 Å². The number of fused-ring (bicyclic) bond motifs is 1. The van der Waals surface area contributed by atoms with Gasteiger partial charge in [-0.2, -0.15) is 0 Å². The first kappa shape index (κ1) is 24.5. The number of hydrogen-bond acceptors (Lipinski definition) is 7. The molecule has 1 fully saturated rings. The number of allylic oxidation sites excluding steroid dienone is 1. The van der Waals surface area contributed by atoms with Crippen molar-refractivity contribution in [3.8, 4) is 17.2 Å². The number of hydrogen-bond donors (Lipinski definition) is 1. The summed E-state index contributed by atoms with van der Waals surface area (Å²) >= 11 is 0. The number of aromatic hydroxyl groups is 1. The number of nitrogens with zero attached hydrogens (tertiary/aromatic N) is 1. The van der Waals surface area contributed by atoms with Crippen molar-refractivity contribution in [3.63, 3.8) is 0 Å². The maximum atomic E-state index is 13.7. The highest BCUT2D eigenvalue weighted by atomic mass is 16.5. The van der Waals surface area contributed by atoms with Crippen LogP contribution in [-0.2, 0) is 14.3 Å². The van der Waals surface area contributed by atoms with Crippen molar-refractivity contribution in [3.05, 3.63) is 64.9 Å². The van der Waals surface area contributed by atoms with Gasteiger partial charge in [-0.1, -0.05) is 18.2 Å². The summed E-state index contributed by atoms with van der Waals surface area (Å²) in [6.45, 7) is 5.96. The zero-order valence-electron chi connectivity index (χ0n) is 20.5. The highest BCUT2D eigenvalue weighted by Gasteiger charge is 2.46. The maximum absolute atomic E-state index is 13.7. The van der Waals surface area contributed by atoms with Crippen molar-refractivity contribution in [2.24, 2.45) is 10.9 Å². The first-order valence-electron chi connectivity index (χ1n) is 12.0. The van der Waals surface area contributed by atoms with E-state index in [9.17, 15) is 14.7 Å². The van der Waals surface area contributed by atoms with E-state index in [1.165, 1.54) is 6.07 Å². The van der Waals surface area contributed by atoms with Crippen LogP contribution < -0.4 is 9.47 Å². The normalized spacial score (nSPS) is 21.8.